The Bertz CT molecular complexity index is 528. The van der Waals surface area contributed by atoms with Crippen molar-refractivity contribution in [1.29, 1.82) is 0 Å². The van der Waals surface area contributed by atoms with E-state index in [0.29, 0.717) is 11.4 Å². The molecule has 0 radical (unpaired) electrons. The van der Waals surface area contributed by atoms with E-state index >= 15 is 0 Å². The van der Waals surface area contributed by atoms with Gasteiger partial charge in [0.15, 0.2) is 5.69 Å². The minimum Gasteiger partial charge on any atom is -0.344 e. The van der Waals surface area contributed by atoms with E-state index in [1.807, 2.05) is 13.8 Å². The molecule has 1 amide bonds. The molecule has 17 heavy (non-hydrogen) atoms. The van der Waals surface area contributed by atoms with Gasteiger partial charge in [-0.05, 0) is 20.8 Å². The zero-order valence-electron chi connectivity index (χ0n) is 9.90. The predicted octanol–water partition coefficient (Wildman–Crippen LogP) is 0.636. The molecule has 0 bridgehead atoms. The molecule has 0 aromatic carbocycles. The Balaban J connectivity index is 2.07. The second-order valence-corrected chi connectivity index (χ2v) is 3.90. The van der Waals surface area contributed by atoms with Gasteiger partial charge in [-0.3, -0.25) is 4.79 Å². The van der Waals surface area contributed by atoms with Crippen molar-refractivity contribution in [1.82, 2.24) is 30.7 Å². The van der Waals surface area contributed by atoms with Crippen LogP contribution in [0.25, 0.3) is 0 Å². The molecule has 0 spiro atoms. The molecule has 0 saturated heterocycles. The van der Waals surface area contributed by atoms with E-state index in [2.05, 4.69) is 30.7 Å². The summed E-state index contributed by atoms with van der Waals surface area (Å²) >= 11 is 0. The van der Waals surface area contributed by atoms with E-state index in [9.17, 15) is 4.79 Å². The quantitative estimate of drug-likeness (QED) is 0.725. The van der Waals surface area contributed by atoms with E-state index in [1.165, 1.54) is 0 Å². The molecular formula is C10H14N6O. The predicted molar refractivity (Wildman–Crippen MR) is 60.3 cm³/mol. The maximum absolute atomic E-state index is 11.8. The molecule has 7 nitrogen and oxygen atoms in total. The highest BCUT2D eigenvalue weighted by Gasteiger charge is 2.17. The molecule has 90 valence electrons. The third-order valence-electron chi connectivity index (χ3n) is 2.42. The molecule has 7 heteroatoms. The summed E-state index contributed by atoms with van der Waals surface area (Å²) < 4.78 is 0. The van der Waals surface area contributed by atoms with Crippen LogP contribution in [-0.2, 0) is 0 Å². The Labute approximate surface area is 98.0 Å². The lowest BCUT2D eigenvalue weighted by Gasteiger charge is -2.10. The molecule has 2 rings (SSSR count). The number of hydrogen-bond acceptors (Lipinski definition) is 4. The van der Waals surface area contributed by atoms with Crippen LogP contribution in [0.3, 0.4) is 0 Å². The zero-order chi connectivity index (χ0) is 12.4. The average Bonchev–Trinajstić information content (AvgIpc) is 2.86. The molecule has 2 aromatic heterocycles. The summed E-state index contributed by atoms with van der Waals surface area (Å²) in [5.41, 5.74) is 1.84. The fourth-order valence-corrected chi connectivity index (χ4v) is 1.49. The third kappa shape index (κ3) is 2.32. The van der Waals surface area contributed by atoms with Crippen molar-refractivity contribution in [3.63, 3.8) is 0 Å². The molecule has 2 heterocycles. The maximum Gasteiger partial charge on any atom is 0.274 e. The van der Waals surface area contributed by atoms with Gasteiger partial charge in [0.25, 0.3) is 5.91 Å². The minimum atomic E-state index is -0.266. The van der Waals surface area contributed by atoms with Gasteiger partial charge in [-0.15, -0.1) is 0 Å². The lowest BCUT2D eigenvalue weighted by Crippen LogP contribution is -2.28. The number of imidazole rings is 1. The van der Waals surface area contributed by atoms with E-state index in [4.69, 9.17) is 0 Å². The van der Waals surface area contributed by atoms with Crippen LogP contribution in [0.1, 0.15) is 40.7 Å². The van der Waals surface area contributed by atoms with E-state index in [-0.39, 0.29) is 11.9 Å². The number of nitrogens with zero attached hydrogens (tertiary/aromatic N) is 3. The smallest absolute Gasteiger partial charge is 0.274 e. The van der Waals surface area contributed by atoms with Crippen LogP contribution >= 0.6 is 0 Å². The van der Waals surface area contributed by atoms with Gasteiger partial charge in [0.2, 0.25) is 0 Å². The molecular weight excluding hydrogens is 220 g/mol. The number of aromatic amines is 2. The van der Waals surface area contributed by atoms with E-state index in [0.717, 1.165) is 11.5 Å². The molecule has 0 unspecified atom stereocenters. The summed E-state index contributed by atoms with van der Waals surface area (Å²) in [4.78, 5) is 19.1. The first-order valence-electron chi connectivity index (χ1n) is 5.27. The summed E-state index contributed by atoms with van der Waals surface area (Å²) in [6.07, 6.45) is 1.72. The fraction of sp³-hybridized carbons (Fsp3) is 0.400. The van der Waals surface area contributed by atoms with Crippen molar-refractivity contribution >= 4 is 5.91 Å². The van der Waals surface area contributed by atoms with E-state index in [1.54, 1.807) is 13.1 Å². The number of rotatable bonds is 3. The second-order valence-electron chi connectivity index (χ2n) is 3.90. The van der Waals surface area contributed by atoms with Crippen LogP contribution in [0.2, 0.25) is 0 Å². The van der Waals surface area contributed by atoms with Gasteiger partial charge < -0.3 is 10.3 Å². The summed E-state index contributed by atoms with van der Waals surface area (Å²) in [5, 5.41) is 12.8. The molecule has 3 N–H and O–H groups in total. The van der Waals surface area contributed by atoms with Crippen LogP contribution in [0.5, 0.6) is 0 Å². The number of H-pyrrole nitrogens is 2. The first-order valence-corrected chi connectivity index (χ1v) is 5.27. The number of carbonyl (C=O) groups is 1. The van der Waals surface area contributed by atoms with Crippen LogP contribution in [0.15, 0.2) is 6.20 Å². The largest absolute Gasteiger partial charge is 0.344 e. The SMILES string of the molecule is Cc1cnc([C@H](C)NC(=O)c2n[nH]nc2C)[nH]1. The van der Waals surface area contributed by atoms with Gasteiger partial charge in [-0.2, -0.15) is 15.4 Å². The maximum atomic E-state index is 11.8. The van der Waals surface area contributed by atoms with Crippen LogP contribution in [0, 0.1) is 13.8 Å². The van der Waals surface area contributed by atoms with Crippen LogP contribution in [0.4, 0.5) is 0 Å². The summed E-state index contributed by atoms with van der Waals surface area (Å²) in [6.45, 7) is 5.48. The van der Waals surface area contributed by atoms with Gasteiger partial charge in [0, 0.05) is 11.9 Å². The molecule has 2 aromatic rings. The normalized spacial score (nSPS) is 12.4. The summed E-state index contributed by atoms with van der Waals surface area (Å²) in [6, 6.07) is -0.202. The topological polar surface area (TPSA) is 99.3 Å². The second kappa shape index (κ2) is 4.36. The molecule has 0 aliphatic heterocycles. The Kier molecular flexibility index (Phi) is 2.90. The highest BCUT2D eigenvalue weighted by molar-refractivity contribution is 5.93. The van der Waals surface area contributed by atoms with Crippen LogP contribution < -0.4 is 5.32 Å². The average molecular weight is 234 g/mol. The number of nitrogens with one attached hydrogen (secondary N) is 3. The van der Waals surface area contributed by atoms with Crippen molar-refractivity contribution in [2.75, 3.05) is 0 Å². The summed E-state index contributed by atoms with van der Waals surface area (Å²) in [5.74, 6) is 0.454. The Morgan fingerprint density at radius 2 is 2.18 bits per heavy atom. The van der Waals surface area contributed by atoms with Gasteiger partial charge in [0.1, 0.15) is 5.82 Å². The van der Waals surface area contributed by atoms with Crippen molar-refractivity contribution in [2.45, 2.75) is 26.8 Å². The van der Waals surface area contributed by atoms with Gasteiger partial charge in [-0.25, -0.2) is 4.98 Å². The number of carbonyl (C=O) groups excluding carboxylic acids is 1. The molecule has 0 aliphatic carbocycles. The Morgan fingerprint density at radius 3 is 2.71 bits per heavy atom. The zero-order valence-corrected chi connectivity index (χ0v) is 9.90. The minimum absolute atomic E-state index is 0.202. The molecule has 0 saturated carbocycles. The number of amides is 1. The molecule has 1 atom stereocenters. The van der Waals surface area contributed by atoms with Gasteiger partial charge in [-0.1, -0.05) is 0 Å². The lowest BCUT2D eigenvalue weighted by atomic mass is 10.2. The Morgan fingerprint density at radius 1 is 1.41 bits per heavy atom. The number of hydrogen-bond donors (Lipinski definition) is 3. The highest BCUT2D eigenvalue weighted by atomic mass is 16.2. The van der Waals surface area contributed by atoms with Crippen molar-refractivity contribution in [2.24, 2.45) is 0 Å². The molecule has 0 aliphatic rings. The van der Waals surface area contributed by atoms with Gasteiger partial charge in [0.05, 0.1) is 11.7 Å². The Hall–Kier alpha value is -2.18. The van der Waals surface area contributed by atoms with E-state index < -0.39 is 0 Å². The van der Waals surface area contributed by atoms with Crippen molar-refractivity contribution < 1.29 is 4.79 Å². The number of aryl methyl sites for hydroxylation is 2. The highest BCUT2D eigenvalue weighted by Crippen LogP contribution is 2.09. The molecule has 0 fully saturated rings. The number of aromatic nitrogens is 5. The van der Waals surface area contributed by atoms with Gasteiger partial charge >= 0.3 is 0 Å². The fourth-order valence-electron chi connectivity index (χ4n) is 1.49. The van der Waals surface area contributed by atoms with Crippen molar-refractivity contribution in [3.8, 4) is 0 Å². The monoisotopic (exact) mass is 234 g/mol. The first-order chi connectivity index (χ1) is 8.08. The first kappa shape index (κ1) is 11.3. The summed E-state index contributed by atoms with van der Waals surface area (Å²) in [7, 11) is 0. The third-order valence-corrected chi connectivity index (χ3v) is 2.42. The van der Waals surface area contributed by atoms with Crippen molar-refractivity contribution in [3.05, 3.63) is 29.1 Å². The lowest BCUT2D eigenvalue weighted by molar-refractivity contribution is 0.0932. The standard InChI is InChI=1S/C10H14N6O/c1-5-4-11-9(12-5)7(3)13-10(17)8-6(2)14-16-15-8/h4,7H,1-3H3,(H,11,12)(H,13,17)(H,14,15,16)/t7-/m0/s1. The van der Waals surface area contributed by atoms with Crippen LogP contribution in [-0.4, -0.2) is 31.3 Å².